The molecule has 0 aromatic rings. The van der Waals surface area contributed by atoms with Gasteiger partial charge in [0.25, 0.3) is 0 Å². The summed E-state index contributed by atoms with van der Waals surface area (Å²) in [5, 5.41) is 31.3. The summed E-state index contributed by atoms with van der Waals surface area (Å²) in [6.07, 6.45) is 0. The van der Waals surface area contributed by atoms with Gasteiger partial charge in [-0.15, -0.1) is 0 Å². The van der Waals surface area contributed by atoms with E-state index < -0.39 is 13.2 Å². The highest BCUT2D eigenvalue weighted by molar-refractivity contribution is 8.16. The number of carbonyl (C=O) groups is 2. The van der Waals surface area contributed by atoms with Gasteiger partial charge in [0.05, 0.1) is 13.2 Å². The van der Waals surface area contributed by atoms with Gasteiger partial charge in [-0.25, -0.2) is 0 Å². The molecular formula is C8H16O6S2. The lowest BCUT2D eigenvalue weighted by Gasteiger charge is -1.96. The molecular weight excluding hydrogens is 256 g/mol. The number of thioether (sulfide) groups is 2. The Morgan fingerprint density at radius 1 is 0.750 bits per heavy atom. The summed E-state index contributed by atoms with van der Waals surface area (Å²) in [5.74, 6) is 0.964. The molecule has 16 heavy (non-hydrogen) atoms. The van der Waals surface area contributed by atoms with Gasteiger partial charge in [-0.05, 0) is 0 Å². The minimum absolute atomic E-state index is 0.125. The van der Waals surface area contributed by atoms with E-state index in [4.69, 9.17) is 20.4 Å². The Labute approximate surface area is 102 Å². The van der Waals surface area contributed by atoms with Crippen LogP contribution in [-0.2, 0) is 9.59 Å². The fraction of sp³-hybridized carbons (Fsp3) is 0.750. The highest BCUT2D eigenvalue weighted by Gasteiger charge is 2.02. The lowest BCUT2D eigenvalue weighted by Crippen LogP contribution is -2.03. The number of rotatable bonds is 6. The molecule has 0 aliphatic heterocycles. The second kappa shape index (κ2) is 14.9. The lowest BCUT2D eigenvalue weighted by molar-refractivity contribution is -0.114. The van der Waals surface area contributed by atoms with Gasteiger partial charge in [-0.1, -0.05) is 23.5 Å². The zero-order chi connectivity index (χ0) is 12.8. The predicted octanol–water partition coefficient (Wildman–Crippen LogP) is -1.54. The van der Waals surface area contributed by atoms with Crippen LogP contribution in [0.25, 0.3) is 0 Å². The SMILES string of the molecule is O=C(CO)SCCSC(=O)CO.OCCO. The van der Waals surface area contributed by atoms with Crippen molar-refractivity contribution in [1.29, 1.82) is 0 Å². The summed E-state index contributed by atoms with van der Waals surface area (Å²) in [5.41, 5.74) is 0. The van der Waals surface area contributed by atoms with Crippen molar-refractivity contribution in [2.45, 2.75) is 0 Å². The van der Waals surface area contributed by atoms with Crippen LogP contribution in [-0.4, -0.2) is 68.6 Å². The Hall–Kier alpha value is -0.120. The molecule has 0 amide bonds. The Kier molecular flexibility index (Phi) is 17.0. The third kappa shape index (κ3) is 16.3. The fourth-order valence-corrected chi connectivity index (χ4v) is 1.71. The molecule has 0 aromatic carbocycles. The molecule has 0 heterocycles. The quantitative estimate of drug-likeness (QED) is 0.430. The van der Waals surface area contributed by atoms with Gasteiger partial charge in [-0.3, -0.25) is 9.59 Å². The summed E-state index contributed by atoms with van der Waals surface area (Å²) >= 11 is 1.97. The normalized spacial score (nSPS) is 9.25. The maximum absolute atomic E-state index is 10.5. The summed E-state index contributed by atoms with van der Waals surface area (Å²) in [7, 11) is 0. The highest BCUT2D eigenvalue weighted by atomic mass is 32.2. The average Bonchev–Trinajstić information content (AvgIpc) is 2.34. The van der Waals surface area contributed by atoms with E-state index in [0.29, 0.717) is 11.5 Å². The number of hydrogen-bond acceptors (Lipinski definition) is 8. The Morgan fingerprint density at radius 2 is 1.06 bits per heavy atom. The van der Waals surface area contributed by atoms with Gasteiger partial charge in [0.15, 0.2) is 0 Å². The summed E-state index contributed by atoms with van der Waals surface area (Å²) in [4.78, 5) is 21.0. The van der Waals surface area contributed by atoms with Crippen LogP contribution >= 0.6 is 23.5 Å². The van der Waals surface area contributed by atoms with Crippen molar-refractivity contribution in [1.82, 2.24) is 0 Å². The third-order valence-corrected chi connectivity index (χ3v) is 2.94. The van der Waals surface area contributed by atoms with Crippen LogP contribution < -0.4 is 0 Å². The van der Waals surface area contributed by atoms with E-state index in [9.17, 15) is 9.59 Å². The monoisotopic (exact) mass is 272 g/mol. The number of hydrogen-bond donors (Lipinski definition) is 4. The topological polar surface area (TPSA) is 115 Å². The molecule has 0 unspecified atom stereocenters. The molecule has 0 atom stereocenters. The van der Waals surface area contributed by atoms with Crippen LogP contribution in [0.5, 0.6) is 0 Å². The molecule has 0 rings (SSSR count). The van der Waals surface area contributed by atoms with Crippen LogP contribution in [0.15, 0.2) is 0 Å². The van der Waals surface area contributed by atoms with Gasteiger partial charge in [0.2, 0.25) is 10.2 Å². The second-order valence-corrected chi connectivity index (χ2v) is 4.51. The van der Waals surface area contributed by atoms with Crippen molar-refractivity contribution < 1.29 is 30.0 Å². The van der Waals surface area contributed by atoms with Crippen molar-refractivity contribution in [3.63, 3.8) is 0 Å². The number of aliphatic hydroxyl groups is 4. The predicted molar refractivity (Wildman–Crippen MR) is 63.3 cm³/mol. The van der Waals surface area contributed by atoms with E-state index in [1.807, 2.05) is 0 Å². The van der Waals surface area contributed by atoms with E-state index in [0.717, 1.165) is 23.5 Å². The van der Waals surface area contributed by atoms with E-state index in [2.05, 4.69) is 0 Å². The van der Waals surface area contributed by atoms with Crippen LogP contribution in [0, 0.1) is 0 Å². The van der Waals surface area contributed by atoms with E-state index in [-0.39, 0.29) is 23.4 Å². The molecule has 6 nitrogen and oxygen atoms in total. The zero-order valence-corrected chi connectivity index (χ0v) is 10.3. The van der Waals surface area contributed by atoms with Crippen molar-refractivity contribution in [2.24, 2.45) is 0 Å². The molecule has 0 saturated heterocycles. The largest absolute Gasteiger partial charge is 0.394 e. The van der Waals surface area contributed by atoms with Crippen molar-refractivity contribution in [3.8, 4) is 0 Å². The van der Waals surface area contributed by atoms with Crippen molar-refractivity contribution in [2.75, 3.05) is 37.9 Å². The molecule has 0 saturated carbocycles. The van der Waals surface area contributed by atoms with Crippen molar-refractivity contribution in [3.05, 3.63) is 0 Å². The maximum Gasteiger partial charge on any atom is 0.214 e. The Morgan fingerprint density at radius 3 is 1.25 bits per heavy atom. The molecule has 4 N–H and O–H groups in total. The first kappa shape index (κ1) is 18.3. The minimum atomic E-state index is -0.469. The van der Waals surface area contributed by atoms with Crippen LogP contribution in [0.3, 0.4) is 0 Å². The fourth-order valence-electron chi connectivity index (χ4n) is 0.402. The zero-order valence-electron chi connectivity index (χ0n) is 8.66. The number of aliphatic hydroxyl groups excluding tert-OH is 4. The van der Waals surface area contributed by atoms with Gasteiger partial charge in [-0.2, -0.15) is 0 Å². The Balaban J connectivity index is 0. The summed E-state index contributed by atoms with van der Waals surface area (Å²) in [6.45, 7) is -1.19. The molecule has 0 aliphatic carbocycles. The van der Waals surface area contributed by atoms with Crippen LogP contribution in [0.2, 0.25) is 0 Å². The first-order valence-corrected chi connectivity index (χ1v) is 6.34. The lowest BCUT2D eigenvalue weighted by atomic mass is 10.8. The molecule has 0 bridgehead atoms. The molecule has 0 spiro atoms. The van der Waals surface area contributed by atoms with E-state index in [1.165, 1.54) is 0 Å². The first-order chi connectivity index (χ1) is 7.62. The molecule has 0 fully saturated rings. The number of carbonyl (C=O) groups excluding carboxylic acids is 2. The average molecular weight is 272 g/mol. The molecule has 8 heteroatoms. The second-order valence-electron chi connectivity index (χ2n) is 2.20. The molecule has 0 aromatic heterocycles. The van der Waals surface area contributed by atoms with Crippen LogP contribution in [0.1, 0.15) is 0 Å². The summed E-state index contributed by atoms with van der Waals surface area (Å²) in [6, 6.07) is 0. The molecule has 0 radical (unpaired) electrons. The minimum Gasteiger partial charge on any atom is -0.394 e. The van der Waals surface area contributed by atoms with E-state index >= 15 is 0 Å². The molecule has 0 aliphatic rings. The highest BCUT2D eigenvalue weighted by Crippen LogP contribution is 2.07. The standard InChI is InChI=1S/C6H10O4S2.C2H6O2/c7-3-5(9)11-1-2-12-6(10)4-8;3-1-2-4/h7-8H,1-4H2;3-4H,1-2H2. The maximum atomic E-state index is 10.5. The van der Waals surface area contributed by atoms with Gasteiger partial charge in [0.1, 0.15) is 13.2 Å². The van der Waals surface area contributed by atoms with Gasteiger partial charge < -0.3 is 20.4 Å². The van der Waals surface area contributed by atoms with Crippen LogP contribution in [0.4, 0.5) is 0 Å². The smallest absolute Gasteiger partial charge is 0.214 e. The van der Waals surface area contributed by atoms with E-state index in [1.54, 1.807) is 0 Å². The third-order valence-electron chi connectivity index (χ3n) is 0.968. The molecule has 96 valence electrons. The van der Waals surface area contributed by atoms with Crippen molar-refractivity contribution >= 4 is 33.8 Å². The first-order valence-electron chi connectivity index (χ1n) is 4.37. The Bertz CT molecular complexity index is 167. The van der Waals surface area contributed by atoms with Gasteiger partial charge >= 0.3 is 0 Å². The summed E-state index contributed by atoms with van der Waals surface area (Å²) < 4.78 is 0. The van der Waals surface area contributed by atoms with Gasteiger partial charge in [0, 0.05) is 11.5 Å².